The average molecular weight is 469 g/mol. The van der Waals surface area contributed by atoms with Crippen molar-refractivity contribution in [1.82, 2.24) is 9.80 Å². The number of rotatable bonds is 0. The highest BCUT2D eigenvalue weighted by atomic mass is 15.1. The van der Waals surface area contributed by atoms with E-state index in [4.69, 9.17) is 0 Å². The second kappa shape index (κ2) is 15.5. The summed E-state index contributed by atoms with van der Waals surface area (Å²) in [6.45, 7) is 8.31. The molecule has 2 saturated heterocycles. The van der Waals surface area contributed by atoms with E-state index in [1.54, 1.807) is 0 Å². The fraction of sp³-hybridized carbons (Fsp3) is 0.875. The van der Waals surface area contributed by atoms with Crippen LogP contribution in [0.2, 0.25) is 0 Å². The van der Waals surface area contributed by atoms with E-state index in [1.165, 1.54) is 155 Å². The van der Waals surface area contributed by atoms with Crippen molar-refractivity contribution in [2.24, 2.45) is 23.7 Å². The molecule has 0 radical (unpaired) electrons. The van der Waals surface area contributed by atoms with E-state index in [2.05, 4.69) is 34.1 Å². The van der Waals surface area contributed by atoms with Crippen LogP contribution in [0.5, 0.6) is 0 Å². The van der Waals surface area contributed by atoms with E-state index >= 15 is 0 Å². The number of allylic oxidation sites excluding steroid dienone is 4. The van der Waals surface area contributed by atoms with Crippen LogP contribution < -0.4 is 0 Å². The van der Waals surface area contributed by atoms with Crippen LogP contribution in [0.15, 0.2) is 24.3 Å². The lowest BCUT2D eigenvalue weighted by Crippen LogP contribution is -2.49. The zero-order valence-corrected chi connectivity index (χ0v) is 22.5. The van der Waals surface area contributed by atoms with E-state index in [0.717, 1.165) is 23.7 Å². The lowest BCUT2D eigenvalue weighted by atomic mass is 9.69. The predicted molar refractivity (Wildman–Crippen MR) is 148 cm³/mol. The normalized spacial score (nSPS) is 37.9. The van der Waals surface area contributed by atoms with Crippen molar-refractivity contribution in [1.29, 1.82) is 0 Å². The molecule has 2 nitrogen and oxygen atoms in total. The monoisotopic (exact) mass is 468 g/mol. The lowest BCUT2D eigenvalue weighted by Gasteiger charge is -2.47. The molecule has 2 fully saturated rings. The molecule has 0 aromatic rings. The van der Waals surface area contributed by atoms with Crippen LogP contribution in [-0.4, -0.2) is 49.1 Å². The molecular formula is C32H56N2. The van der Waals surface area contributed by atoms with Crippen molar-refractivity contribution in [3.63, 3.8) is 0 Å². The van der Waals surface area contributed by atoms with Gasteiger partial charge >= 0.3 is 0 Å². The minimum absolute atomic E-state index is 0.953. The molecule has 6 atom stereocenters. The molecule has 5 heterocycles. The quantitative estimate of drug-likeness (QED) is 0.330. The van der Waals surface area contributed by atoms with Gasteiger partial charge in [0.25, 0.3) is 0 Å². The Morgan fingerprint density at radius 1 is 0.441 bits per heavy atom. The molecule has 0 spiro atoms. The third kappa shape index (κ3) is 9.12. The third-order valence-electron chi connectivity index (χ3n) is 9.58. The highest BCUT2D eigenvalue weighted by molar-refractivity contribution is 4.91. The summed E-state index contributed by atoms with van der Waals surface area (Å²) in [4.78, 5) is 5.80. The first-order valence-corrected chi connectivity index (χ1v) is 15.6. The molecule has 5 aliphatic heterocycles. The Morgan fingerprint density at radius 2 is 1.03 bits per heavy atom. The summed E-state index contributed by atoms with van der Waals surface area (Å²) in [7, 11) is 0. The maximum absolute atomic E-state index is 2.94. The van der Waals surface area contributed by atoms with Crippen LogP contribution in [0.3, 0.4) is 0 Å². The first kappa shape index (κ1) is 26.5. The molecule has 0 aromatic carbocycles. The third-order valence-corrected chi connectivity index (χ3v) is 9.58. The summed E-state index contributed by atoms with van der Waals surface area (Å²) >= 11 is 0. The number of hydrogen-bond donors (Lipinski definition) is 0. The van der Waals surface area contributed by atoms with Crippen LogP contribution in [0.25, 0.3) is 0 Å². The van der Waals surface area contributed by atoms with Crippen LogP contribution in [0, 0.1) is 23.7 Å². The van der Waals surface area contributed by atoms with Gasteiger partial charge in [-0.25, -0.2) is 0 Å². The first-order valence-electron chi connectivity index (χ1n) is 15.6. The molecule has 0 aliphatic carbocycles. The molecule has 6 bridgehead atoms. The van der Waals surface area contributed by atoms with Crippen molar-refractivity contribution in [3.8, 4) is 0 Å². The molecule has 5 rings (SSSR count). The van der Waals surface area contributed by atoms with Gasteiger partial charge in [0.15, 0.2) is 0 Å². The predicted octanol–water partition coefficient (Wildman–Crippen LogP) is 8.24. The van der Waals surface area contributed by atoms with Crippen molar-refractivity contribution >= 4 is 0 Å². The Hall–Kier alpha value is -0.600. The fourth-order valence-corrected chi connectivity index (χ4v) is 7.69. The van der Waals surface area contributed by atoms with Crippen LogP contribution >= 0.6 is 0 Å². The van der Waals surface area contributed by atoms with Gasteiger partial charge in [-0.15, -0.1) is 0 Å². The molecule has 0 saturated carbocycles. The maximum atomic E-state index is 2.94. The molecule has 0 N–H and O–H groups in total. The molecule has 34 heavy (non-hydrogen) atoms. The number of nitrogens with zero attached hydrogens (tertiary/aromatic N) is 2. The van der Waals surface area contributed by atoms with Crippen LogP contribution in [-0.2, 0) is 0 Å². The molecular weight excluding hydrogens is 412 g/mol. The smallest absolute Gasteiger partial charge is 0.00127 e. The van der Waals surface area contributed by atoms with Gasteiger partial charge in [0.1, 0.15) is 0 Å². The van der Waals surface area contributed by atoms with Gasteiger partial charge in [-0.1, -0.05) is 50.0 Å². The fourth-order valence-electron chi connectivity index (χ4n) is 7.69. The van der Waals surface area contributed by atoms with Crippen molar-refractivity contribution < 1.29 is 0 Å². The summed E-state index contributed by atoms with van der Waals surface area (Å²) in [6, 6.07) is 0. The SMILES string of the molecule is C1=CCCCCC2CN3CCCCC=CCCCCC4CC(CN(CCCCCC1)C4)C2CC3. The minimum atomic E-state index is 0.953. The van der Waals surface area contributed by atoms with Gasteiger partial charge in [-0.2, -0.15) is 0 Å². The van der Waals surface area contributed by atoms with Gasteiger partial charge in [0.05, 0.1) is 0 Å². The van der Waals surface area contributed by atoms with Gasteiger partial charge in [-0.05, 0) is 133 Å². The Balaban J connectivity index is 1.47. The maximum Gasteiger partial charge on any atom is 0.00127 e. The van der Waals surface area contributed by atoms with Gasteiger partial charge < -0.3 is 9.80 Å². The Kier molecular flexibility index (Phi) is 12.1. The molecule has 5 aliphatic rings. The first-order chi connectivity index (χ1) is 16.9. The van der Waals surface area contributed by atoms with E-state index in [0.29, 0.717) is 0 Å². The van der Waals surface area contributed by atoms with E-state index in [-0.39, 0.29) is 0 Å². The molecule has 6 unspecified atom stereocenters. The van der Waals surface area contributed by atoms with Crippen LogP contribution in [0.4, 0.5) is 0 Å². The lowest BCUT2D eigenvalue weighted by molar-refractivity contribution is 0.0186. The summed E-state index contributed by atoms with van der Waals surface area (Å²) in [5.41, 5.74) is 0. The Morgan fingerprint density at radius 3 is 1.82 bits per heavy atom. The largest absolute Gasteiger partial charge is 0.303 e. The van der Waals surface area contributed by atoms with E-state index in [9.17, 15) is 0 Å². The Labute approximate surface area is 212 Å². The highest BCUT2D eigenvalue weighted by Gasteiger charge is 2.38. The Bertz CT molecular complexity index is 596. The number of hydrogen-bond acceptors (Lipinski definition) is 2. The minimum Gasteiger partial charge on any atom is -0.303 e. The molecule has 2 heteroatoms. The summed E-state index contributed by atoms with van der Waals surface area (Å²) < 4.78 is 0. The highest BCUT2D eigenvalue weighted by Crippen LogP contribution is 2.40. The standard InChI is InChI=1S/C32H56N2/c1-2-5-10-14-18-23-34-26-29-19-15-11-7-4-6-9-13-17-22-33-24-21-32(31(25-29)28-34)30(27-33)20-16-12-8-3-1/h1,3-4,6,29-32H,2,5,7-28H2. The summed E-state index contributed by atoms with van der Waals surface area (Å²) in [5.74, 6) is 3.88. The molecule has 0 amide bonds. The number of fused-ring (bicyclic) bond motifs is 10. The van der Waals surface area contributed by atoms with Gasteiger partial charge in [-0.3, -0.25) is 0 Å². The summed E-state index contributed by atoms with van der Waals surface area (Å²) in [6.07, 6.45) is 35.3. The molecule has 0 aromatic heterocycles. The summed E-state index contributed by atoms with van der Waals surface area (Å²) in [5, 5.41) is 0. The second-order valence-corrected chi connectivity index (χ2v) is 12.3. The average Bonchev–Trinajstić information content (AvgIpc) is 2.85. The second-order valence-electron chi connectivity index (χ2n) is 12.3. The van der Waals surface area contributed by atoms with E-state index in [1.807, 2.05) is 0 Å². The van der Waals surface area contributed by atoms with Gasteiger partial charge in [0.2, 0.25) is 0 Å². The van der Waals surface area contributed by atoms with Crippen molar-refractivity contribution in [2.75, 3.05) is 39.3 Å². The topological polar surface area (TPSA) is 6.48 Å². The zero-order chi connectivity index (χ0) is 23.3. The molecule has 194 valence electrons. The number of piperidine rings is 2. The van der Waals surface area contributed by atoms with Crippen molar-refractivity contribution in [2.45, 2.75) is 116 Å². The zero-order valence-electron chi connectivity index (χ0n) is 22.5. The van der Waals surface area contributed by atoms with Crippen LogP contribution in [0.1, 0.15) is 116 Å². The van der Waals surface area contributed by atoms with Crippen molar-refractivity contribution in [3.05, 3.63) is 24.3 Å². The van der Waals surface area contributed by atoms with E-state index < -0.39 is 0 Å². The van der Waals surface area contributed by atoms with Gasteiger partial charge in [0, 0.05) is 19.6 Å².